The van der Waals surface area contributed by atoms with Crippen molar-refractivity contribution in [3.8, 4) is 5.69 Å². The minimum Gasteiger partial charge on any atom is -0.411 e. The molecule has 0 spiro atoms. The highest BCUT2D eigenvalue weighted by Crippen LogP contribution is 2.29. The molecule has 2 aromatic heterocycles. The van der Waals surface area contributed by atoms with E-state index >= 15 is 0 Å². The highest BCUT2D eigenvalue weighted by atomic mass is 19.4. The van der Waals surface area contributed by atoms with Gasteiger partial charge < -0.3 is 20.6 Å². The molecule has 0 unspecified atom stereocenters. The van der Waals surface area contributed by atoms with Crippen LogP contribution >= 0.6 is 0 Å². The first-order valence-corrected chi connectivity index (χ1v) is 14.4. The maximum atomic E-state index is 13.5. The molecule has 1 saturated heterocycles. The van der Waals surface area contributed by atoms with E-state index in [0.717, 1.165) is 48.6 Å². The number of carbonyl (C=O) groups is 1. The Bertz CT molecular complexity index is 1560. The van der Waals surface area contributed by atoms with Crippen molar-refractivity contribution >= 4 is 17.9 Å². The molecule has 4 aromatic rings. The second kappa shape index (κ2) is 20.1. The van der Waals surface area contributed by atoms with Crippen LogP contribution in [-0.4, -0.2) is 63.5 Å². The summed E-state index contributed by atoms with van der Waals surface area (Å²) in [5.74, 6) is -0.180. The fraction of sp³-hybridized carbons (Fsp3) is 0.273. The van der Waals surface area contributed by atoms with Crippen molar-refractivity contribution in [2.75, 3.05) is 33.0 Å². The number of alkyl halides is 3. The standard InChI is InChI=1S/C19H25FN2.C11H7F3N2O.C2H3N3O.CH4O/c1-16(20)14-17(9-7-11-21-2)19-10-4-3-8-18(19)15-22-12-5-6-13-22;12-11(13,14)10-6-9(7-17)16(15-10)8-4-2-1-3-5-8;3-2-5-4-1-6-2;1-2/h3-4,7-11,14,21H,5-6,12-13,15H2,1-2H3;1-7H;1H,(H2,3,5);2H,1H3/b11-7+,16-14+,17-9+;;;. The number of hydrogen-bond acceptors (Lipinski definition) is 9. The number of nitrogen functional groups attached to an aromatic ring is 1. The van der Waals surface area contributed by atoms with E-state index in [0.29, 0.717) is 12.0 Å². The van der Waals surface area contributed by atoms with Gasteiger partial charge in [0.2, 0.25) is 6.39 Å². The van der Waals surface area contributed by atoms with Crippen LogP contribution in [0.3, 0.4) is 0 Å². The molecule has 0 bridgehead atoms. The Morgan fingerprint density at radius 3 is 2.28 bits per heavy atom. The van der Waals surface area contributed by atoms with Gasteiger partial charge in [-0.2, -0.15) is 18.3 Å². The SMILES string of the molecule is CN/C=C/C=C(\C=C(/C)F)c1ccccc1CN1CCCC1.CO.Nc1nnco1.O=Cc1cc(C(F)(F)F)nn1-c1ccccc1. The van der Waals surface area contributed by atoms with Gasteiger partial charge in [0.15, 0.2) is 12.0 Å². The Balaban J connectivity index is 0.000000270. The number of rotatable bonds is 8. The molecule has 4 N–H and O–H groups in total. The van der Waals surface area contributed by atoms with Crippen LogP contribution in [0.5, 0.6) is 0 Å². The van der Waals surface area contributed by atoms with E-state index in [2.05, 4.69) is 48.1 Å². The summed E-state index contributed by atoms with van der Waals surface area (Å²) >= 11 is 0. The fourth-order valence-electron chi connectivity index (χ4n) is 4.38. The van der Waals surface area contributed by atoms with Crippen LogP contribution in [0, 0.1) is 0 Å². The molecule has 14 heteroatoms. The third-order valence-corrected chi connectivity index (χ3v) is 6.34. The fourth-order valence-corrected chi connectivity index (χ4v) is 4.38. The van der Waals surface area contributed by atoms with Gasteiger partial charge in [0.05, 0.1) is 11.5 Å². The molecule has 252 valence electrons. The number of nitrogens with two attached hydrogens (primary N) is 1. The molecular weight excluding hydrogens is 618 g/mol. The first-order valence-electron chi connectivity index (χ1n) is 14.4. The van der Waals surface area contributed by atoms with E-state index in [9.17, 15) is 22.4 Å². The smallest absolute Gasteiger partial charge is 0.411 e. The van der Waals surface area contributed by atoms with Gasteiger partial charge in [-0.1, -0.05) is 53.6 Å². The van der Waals surface area contributed by atoms with Gasteiger partial charge in [-0.15, -0.1) is 5.10 Å². The van der Waals surface area contributed by atoms with E-state index in [1.54, 1.807) is 36.4 Å². The summed E-state index contributed by atoms with van der Waals surface area (Å²) in [6.07, 6.45) is 6.80. The monoisotopic (exact) mass is 657 g/mol. The van der Waals surface area contributed by atoms with E-state index in [4.69, 9.17) is 10.8 Å². The molecular formula is C33H39F4N7O3. The van der Waals surface area contributed by atoms with Crippen LogP contribution < -0.4 is 11.1 Å². The first-order chi connectivity index (χ1) is 22.6. The molecule has 1 aliphatic rings. The van der Waals surface area contributed by atoms with E-state index in [1.165, 1.54) is 31.7 Å². The number of halogens is 4. The summed E-state index contributed by atoms with van der Waals surface area (Å²) in [5.41, 5.74) is 7.39. The van der Waals surface area contributed by atoms with Gasteiger partial charge >= 0.3 is 12.2 Å². The number of hydrogen-bond donors (Lipinski definition) is 3. The number of aldehydes is 1. The maximum Gasteiger partial charge on any atom is 0.435 e. The van der Waals surface area contributed by atoms with Gasteiger partial charge in [-0.05, 0) is 86.1 Å². The number of nitrogens with one attached hydrogen (secondary N) is 1. The number of para-hydroxylation sites is 1. The number of carbonyl (C=O) groups excluding carboxylic acids is 1. The topological polar surface area (TPSA) is 135 Å². The summed E-state index contributed by atoms with van der Waals surface area (Å²) in [7, 11) is 2.85. The first kappa shape index (κ1) is 38.1. The Morgan fingerprint density at radius 2 is 1.74 bits per heavy atom. The van der Waals surface area contributed by atoms with Crippen LogP contribution in [0.1, 0.15) is 47.1 Å². The predicted molar refractivity (Wildman–Crippen MR) is 173 cm³/mol. The van der Waals surface area contributed by atoms with Crippen LogP contribution in [0.2, 0.25) is 0 Å². The molecule has 0 aliphatic carbocycles. The second-order valence-corrected chi connectivity index (χ2v) is 9.74. The summed E-state index contributed by atoms with van der Waals surface area (Å²) < 4.78 is 56.1. The van der Waals surface area contributed by atoms with Crippen molar-refractivity contribution in [2.45, 2.75) is 32.5 Å². The van der Waals surface area contributed by atoms with Crippen LogP contribution in [-0.2, 0) is 12.7 Å². The number of allylic oxidation sites excluding steroid dienone is 5. The number of aromatic nitrogens is 4. The second-order valence-electron chi connectivity index (χ2n) is 9.74. The van der Waals surface area contributed by atoms with Crippen molar-refractivity contribution in [1.82, 2.24) is 30.2 Å². The summed E-state index contributed by atoms with van der Waals surface area (Å²) in [6, 6.07) is 17.3. The molecule has 0 amide bonds. The lowest BCUT2D eigenvalue weighted by atomic mass is 9.98. The van der Waals surface area contributed by atoms with Crippen molar-refractivity contribution < 1.29 is 31.9 Å². The molecule has 0 radical (unpaired) electrons. The van der Waals surface area contributed by atoms with Crippen molar-refractivity contribution in [3.05, 3.63) is 120 Å². The highest BCUT2D eigenvalue weighted by molar-refractivity contribution is 5.77. The number of nitrogens with zero attached hydrogens (tertiary/aromatic N) is 5. The lowest BCUT2D eigenvalue weighted by molar-refractivity contribution is -0.141. The molecule has 3 heterocycles. The van der Waals surface area contributed by atoms with Crippen LogP contribution in [0.15, 0.2) is 102 Å². The van der Waals surface area contributed by atoms with Gasteiger partial charge in [0.25, 0.3) is 0 Å². The quantitative estimate of drug-likeness (QED) is 0.114. The molecule has 5 rings (SSSR count). The number of aliphatic hydroxyl groups is 1. The number of aliphatic hydroxyl groups excluding tert-OH is 1. The zero-order valence-corrected chi connectivity index (χ0v) is 26.4. The Kier molecular flexibility index (Phi) is 16.3. The normalized spacial score (nSPS) is 13.5. The molecule has 47 heavy (non-hydrogen) atoms. The summed E-state index contributed by atoms with van der Waals surface area (Å²) in [6.45, 7) is 4.73. The minimum atomic E-state index is -4.56. The minimum absolute atomic E-state index is 0.106. The van der Waals surface area contributed by atoms with Crippen LogP contribution in [0.25, 0.3) is 11.3 Å². The number of anilines is 1. The molecule has 0 atom stereocenters. The third-order valence-electron chi connectivity index (χ3n) is 6.34. The van der Waals surface area contributed by atoms with Crippen LogP contribution in [0.4, 0.5) is 23.6 Å². The zero-order chi connectivity index (χ0) is 34.7. The Hall–Kier alpha value is -5.08. The maximum absolute atomic E-state index is 13.5. The van der Waals surface area contributed by atoms with E-state index in [1.807, 2.05) is 31.5 Å². The Morgan fingerprint density at radius 1 is 1.09 bits per heavy atom. The zero-order valence-electron chi connectivity index (χ0n) is 26.4. The molecule has 2 aromatic carbocycles. The number of likely N-dealkylation sites (tertiary alicyclic amines) is 1. The summed E-state index contributed by atoms with van der Waals surface area (Å²) in [4.78, 5) is 13.2. The summed E-state index contributed by atoms with van der Waals surface area (Å²) in [5, 5.41) is 19.9. The Labute approximate surface area is 270 Å². The average Bonchev–Trinajstić information content (AvgIpc) is 3.86. The van der Waals surface area contributed by atoms with Crippen molar-refractivity contribution in [1.29, 1.82) is 0 Å². The lowest BCUT2D eigenvalue weighted by Crippen LogP contribution is -2.19. The number of benzene rings is 2. The molecule has 10 nitrogen and oxygen atoms in total. The van der Waals surface area contributed by atoms with E-state index < -0.39 is 11.9 Å². The predicted octanol–water partition coefficient (Wildman–Crippen LogP) is 6.24. The lowest BCUT2D eigenvalue weighted by Gasteiger charge is -2.18. The van der Waals surface area contributed by atoms with Crippen molar-refractivity contribution in [3.63, 3.8) is 0 Å². The highest BCUT2D eigenvalue weighted by Gasteiger charge is 2.35. The molecule has 0 saturated carbocycles. The van der Waals surface area contributed by atoms with Gasteiger partial charge in [0, 0.05) is 20.7 Å². The van der Waals surface area contributed by atoms with Crippen molar-refractivity contribution in [2.24, 2.45) is 0 Å². The molecule has 1 fully saturated rings. The largest absolute Gasteiger partial charge is 0.435 e. The molecule has 1 aliphatic heterocycles. The van der Waals surface area contributed by atoms with Gasteiger partial charge in [-0.3, -0.25) is 9.69 Å². The van der Waals surface area contributed by atoms with E-state index in [-0.39, 0.29) is 17.5 Å². The third kappa shape index (κ3) is 13.0. The average molecular weight is 658 g/mol. The van der Waals surface area contributed by atoms with Gasteiger partial charge in [0.1, 0.15) is 5.69 Å². The van der Waals surface area contributed by atoms with Gasteiger partial charge in [-0.25, -0.2) is 9.07 Å².